The van der Waals surface area contributed by atoms with Gasteiger partial charge in [0.25, 0.3) is 0 Å². The third kappa shape index (κ3) is 5.78. The standard InChI is InChI=1S/C24H31ClN2OS/c1-17(2)14-26(15-20-13-18(3)9-10-19(20)4)16-23(28)27-11-12-29-24(27)21-7-5-6-8-22(21)25/h5-10,13,17,24H,11-12,14-16H2,1-4H3. The van der Waals surface area contributed by atoms with Crippen molar-refractivity contribution in [3.8, 4) is 0 Å². The molecule has 0 N–H and O–H groups in total. The van der Waals surface area contributed by atoms with Crippen LogP contribution in [0.15, 0.2) is 42.5 Å². The summed E-state index contributed by atoms with van der Waals surface area (Å²) in [5, 5.41) is 0.747. The van der Waals surface area contributed by atoms with Crippen molar-refractivity contribution in [2.75, 3.05) is 25.4 Å². The highest BCUT2D eigenvalue weighted by atomic mass is 35.5. The molecule has 0 aliphatic carbocycles. The first-order valence-electron chi connectivity index (χ1n) is 10.3. The van der Waals surface area contributed by atoms with Gasteiger partial charge < -0.3 is 4.90 Å². The maximum atomic E-state index is 13.3. The highest BCUT2D eigenvalue weighted by molar-refractivity contribution is 7.99. The topological polar surface area (TPSA) is 23.6 Å². The number of carbonyl (C=O) groups is 1. The quantitative estimate of drug-likeness (QED) is 0.563. The molecule has 1 fully saturated rings. The second kappa shape index (κ2) is 10.0. The van der Waals surface area contributed by atoms with Crippen LogP contribution in [0.3, 0.4) is 0 Å². The van der Waals surface area contributed by atoms with Gasteiger partial charge in [0.05, 0.1) is 6.54 Å². The van der Waals surface area contributed by atoms with Crippen LogP contribution in [0.1, 0.15) is 41.5 Å². The molecule has 0 bridgehead atoms. The van der Waals surface area contributed by atoms with Crippen molar-refractivity contribution < 1.29 is 4.79 Å². The van der Waals surface area contributed by atoms with Crippen molar-refractivity contribution >= 4 is 29.3 Å². The molecule has 1 heterocycles. The molecule has 0 radical (unpaired) electrons. The first-order valence-corrected chi connectivity index (χ1v) is 11.7. The molecule has 1 amide bonds. The van der Waals surface area contributed by atoms with Gasteiger partial charge in [0.15, 0.2) is 0 Å². The fraction of sp³-hybridized carbons (Fsp3) is 0.458. The predicted octanol–water partition coefficient (Wildman–Crippen LogP) is 5.69. The van der Waals surface area contributed by atoms with E-state index in [2.05, 4.69) is 50.8 Å². The van der Waals surface area contributed by atoms with Gasteiger partial charge in [-0.05, 0) is 37.0 Å². The van der Waals surface area contributed by atoms with Gasteiger partial charge in [-0.1, -0.05) is 67.4 Å². The number of carbonyl (C=O) groups excluding carboxylic acids is 1. The van der Waals surface area contributed by atoms with Crippen molar-refractivity contribution in [3.63, 3.8) is 0 Å². The van der Waals surface area contributed by atoms with E-state index in [0.717, 1.165) is 36.0 Å². The zero-order valence-electron chi connectivity index (χ0n) is 17.8. The number of amides is 1. The maximum absolute atomic E-state index is 13.3. The second-order valence-electron chi connectivity index (χ2n) is 8.33. The molecule has 0 aromatic heterocycles. The number of hydrogen-bond donors (Lipinski definition) is 0. The summed E-state index contributed by atoms with van der Waals surface area (Å²) in [5.41, 5.74) is 4.88. The van der Waals surface area contributed by atoms with E-state index in [1.54, 1.807) is 11.8 Å². The average Bonchev–Trinajstić information content (AvgIpc) is 3.14. The summed E-state index contributed by atoms with van der Waals surface area (Å²) in [5.74, 6) is 1.63. The Balaban J connectivity index is 1.75. The molecule has 1 unspecified atom stereocenters. The normalized spacial score (nSPS) is 16.8. The molecule has 2 aromatic rings. The number of nitrogens with zero attached hydrogens (tertiary/aromatic N) is 2. The van der Waals surface area contributed by atoms with Crippen molar-refractivity contribution in [1.82, 2.24) is 9.80 Å². The Morgan fingerprint density at radius 3 is 2.72 bits per heavy atom. The number of benzene rings is 2. The van der Waals surface area contributed by atoms with Crippen LogP contribution in [0.5, 0.6) is 0 Å². The van der Waals surface area contributed by atoms with Gasteiger partial charge >= 0.3 is 0 Å². The van der Waals surface area contributed by atoms with Crippen LogP contribution in [0.4, 0.5) is 0 Å². The first kappa shape index (κ1) is 22.2. The van der Waals surface area contributed by atoms with Crippen molar-refractivity contribution in [2.45, 2.75) is 39.6 Å². The van der Waals surface area contributed by atoms with Gasteiger partial charge in [0.1, 0.15) is 5.37 Å². The van der Waals surface area contributed by atoms with Crippen LogP contribution >= 0.6 is 23.4 Å². The number of rotatable bonds is 7. The zero-order chi connectivity index (χ0) is 21.0. The number of aryl methyl sites for hydroxylation is 2. The van der Waals surface area contributed by atoms with Gasteiger partial charge in [-0.3, -0.25) is 9.69 Å². The number of halogens is 1. The molecule has 1 saturated heterocycles. The summed E-state index contributed by atoms with van der Waals surface area (Å²) in [6.07, 6.45) is 0. The predicted molar refractivity (Wildman–Crippen MR) is 124 cm³/mol. The van der Waals surface area contributed by atoms with E-state index in [1.807, 2.05) is 29.2 Å². The molecule has 0 spiro atoms. The average molecular weight is 431 g/mol. The van der Waals surface area contributed by atoms with E-state index in [4.69, 9.17) is 11.6 Å². The van der Waals surface area contributed by atoms with Crippen molar-refractivity contribution in [3.05, 3.63) is 69.7 Å². The molecule has 3 rings (SSSR count). The van der Waals surface area contributed by atoms with Gasteiger partial charge in [-0.15, -0.1) is 11.8 Å². The van der Waals surface area contributed by atoms with Gasteiger partial charge in [-0.25, -0.2) is 0 Å². The highest BCUT2D eigenvalue weighted by Crippen LogP contribution is 2.40. The lowest BCUT2D eigenvalue weighted by Crippen LogP contribution is -2.41. The molecule has 3 nitrogen and oxygen atoms in total. The van der Waals surface area contributed by atoms with Crippen molar-refractivity contribution in [1.29, 1.82) is 0 Å². The number of thioether (sulfide) groups is 1. The van der Waals surface area contributed by atoms with Gasteiger partial charge in [0.2, 0.25) is 5.91 Å². The van der Waals surface area contributed by atoms with E-state index in [9.17, 15) is 4.79 Å². The molecule has 0 saturated carbocycles. The highest BCUT2D eigenvalue weighted by Gasteiger charge is 2.32. The van der Waals surface area contributed by atoms with Crippen molar-refractivity contribution in [2.24, 2.45) is 5.92 Å². The maximum Gasteiger partial charge on any atom is 0.237 e. The summed E-state index contributed by atoms with van der Waals surface area (Å²) in [6, 6.07) is 14.4. The summed E-state index contributed by atoms with van der Waals surface area (Å²) < 4.78 is 0. The Labute approximate surface area is 184 Å². The summed E-state index contributed by atoms with van der Waals surface area (Å²) in [7, 11) is 0. The van der Waals surface area contributed by atoms with Crippen LogP contribution in [0.2, 0.25) is 5.02 Å². The van der Waals surface area contributed by atoms with Crippen LogP contribution in [-0.4, -0.2) is 41.1 Å². The monoisotopic (exact) mass is 430 g/mol. The molecule has 156 valence electrons. The fourth-order valence-corrected chi connectivity index (χ4v) is 5.47. The second-order valence-corrected chi connectivity index (χ2v) is 9.92. The van der Waals surface area contributed by atoms with Crippen LogP contribution in [-0.2, 0) is 11.3 Å². The Kier molecular flexibility index (Phi) is 7.66. The van der Waals surface area contributed by atoms with E-state index < -0.39 is 0 Å². The Hall–Kier alpha value is -1.49. The lowest BCUT2D eigenvalue weighted by Gasteiger charge is -2.30. The minimum Gasteiger partial charge on any atom is -0.325 e. The van der Waals surface area contributed by atoms with Crippen LogP contribution < -0.4 is 0 Å². The lowest BCUT2D eigenvalue weighted by molar-refractivity contribution is -0.132. The fourth-order valence-electron chi connectivity index (χ4n) is 3.85. The van der Waals surface area contributed by atoms with Gasteiger partial charge in [-0.2, -0.15) is 0 Å². The van der Waals surface area contributed by atoms with Crippen LogP contribution in [0.25, 0.3) is 0 Å². The summed E-state index contributed by atoms with van der Waals surface area (Å²) in [6.45, 7) is 11.6. The lowest BCUT2D eigenvalue weighted by atomic mass is 10.0. The summed E-state index contributed by atoms with van der Waals surface area (Å²) >= 11 is 8.22. The Morgan fingerprint density at radius 1 is 1.24 bits per heavy atom. The molecule has 5 heteroatoms. The smallest absolute Gasteiger partial charge is 0.237 e. The van der Waals surface area contributed by atoms with E-state index >= 15 is 0 Å². The molecule has 2 aromatic carbocycles. The zero-order valence-corrected chi connectivity index (χ0v) is 19.4. The molecule has 1 atom stereocenters. The largest absolute Gasteiger partial charge is 0.325 e. The molecular weight excluding hydrogens is 400 g/mol. The number of hydrogen-bond acceptors (Lipinski definition) is 3. The van der Waals surface area contributed by atoms with E-state index in [0.29, 0.717) is 12.5 Å². The van der Waals surface area contributed by atoms with E-state index in [1.165, 1.54) is 16.7 Å². The van der Waals surface area contributed by atoms with Crippen LogP contribution in [0, 0.1) is 19.8 Å². The SMILES string of the molecule is Cc1ccc(C)c(CN(CC(=O)N2CCSC2c2ccccc2Cl)CC(C)C)c1. The Morgan fingerprint density at radius 2 is 2.00 bits per heavy atom. The van der Waals surface area contributed by atoms with E-state index in [-0.39, 0.29) is 11.3 Å². The first-order chi connectivity index (χ1) is 13.8. The minimum absolute atomic E-state index is 0.0119. The Bertz CT molecular complexity index is 855. The third-order valence-electron chi connectivity index (χ3n) is 5.26. The minimum atomic E-state index is 0.0119. The summed E-state index contributed by atoms with van der Waals surface area (Å²) in [4.78, 5) is 17.6. The molecular formula is C24H31ClN2OS. The third-order valence-corrected chi connectivity index (χ3v) is 6.85. The van der Waals surface area contributed by atoms with Gasteiger partial charge in [0, 0.05) is 36.0 Å². The molecule has 29 heavy (non-hydrogen) atoms. The molecule has 1 aliphatic rings. The molecule has 1 aliphatic heterocycles.